The van der Waals surface area contributed by atoms with Gasteiger partial charge in [0.25, 0.3) is 0 Å². The van der Waals surface area contributed by atoms with Crippen LogP contribution in [0.15, 0.2) is 18.2 Å². The molecule has 1 aliphatic rings. The molecule has 0 saturated carbocycles. The van der Waals surface area contributed by atoms with Crippen LogP contribution < -0.4 is 10.1 Å². The summed E-state index contributed by atoms with van der Waals surface area (Å²) in [4.78, 5) is 0. The standard InChI is InChI=1S/C12H16ClNO/c1-14-6-2-3-11-8-9-7-10(13)4-5-12(9)15-11/h4-5,7,11,14H,2-3,6,8H2,1H3. The Bertz CT molecular complexity index is 340. The van der Waals surface area contributed by atoms with Crippen molar-refractivity contribution in [3.05, 3.63) is 28.8 Å². The van der Waals surface area contributed by atoms with E-state index in [-0.39, 0.29) is 0 Å². The number of nitrogens with one attached hydrogen (secondary N) is 1. The van der Waals surface area contributed by atoms with E-state index in [1.807, 2.05) is 25.2 Å². The van der Waals surface area contributed by atoms with Gasteiger partial charge < -0.3 is 10.1 Å². The minimum absolute atomic E-state index is 0.340. The van der Waals surface area contributed by atoms with E-state index in [0.29, 0.717) is 6.10 Å². The Morgan fingerprint density at radius 2 is 2.40 bits per heavy atom. The molecule has 2 rings (SSSR count). The first-order chi connectivity index (χ1) is 7.29. The predicted molar refractivity (Wildman–Crippen MR) is 62.7 cm³/mol. The lowest BCUT2D eigenvalue weighted by atomic mass is 10.1. The smallest absolute Gasteiger partial charge is 0.123 e. The number of halogens is 1. The Labute approximate surface area is 95.6 Å². The van der Waals surface area contributed by atoms with Gasteiger partial charge in [0.15, 0.2) is 0 Å². The Morgan fingerprint density at radius 1 is 1.53 bits per heavy atom. The molecule has 0 spiro atoms. The van der Waals surface area contributed by atoms with Gasteiger partial charge >= 0.3 is 0 Å². The van der Waals surface area contributed by atoms with Crippen LogP contribution in [-0.2, 0) is 6.42 Å². The van der Waals surface area contributed by atoms with Crippen molar-refractivity contribution in [2.75, 3.05) is 13.6 Å². The minimum Gasteiger partial charge on any atom is -0.490 e. The lowest BCUT2D eigenvalue weighted by Gasteiger charge is -2.09. The molecule has 0 bridgehead atoms. The van der Waals surface area contributed by atoms with Gasteiger partial charge in [-0.15, -0.1) is 0 Å². The van der Waals surface area contributed by atoms with E-state index < -0.39 is 0 Å². The predicted octanol–water partition coefficient (Wildman–Crippen LogP) is 2.64. The van der Waals surface area contributed by atoms with Crippen LogP contribution in [0.25, 0.3) is 0 Å². The summed E-state index contributed by atoms with van der Waals surface area (Å²) in [6, 6.07) is 5.86. The number of benzene rings is 1. The molecule has 1 atom stereocenters. The summed E-state index contributed by atoms with van der Waals surface area (Å²) in [5.41, 5.74) is 1.25. The molecule has 1 unspecified atom stereocenters. The van der Waals surface area contributed by atoms with Crippen LogP contribution in [-0.4, -0.2) is 19.7 Å². The van der Waals surface area contributed by atoms with Gasteiger partial charge in [-0.25, -0.2) is 0 Å². The van der Waals surface area contributed by atoms with E-state index in [1.165, 1.54) is 5.56 Å². The van der Waals surface area contributed by atoms with Crippen LogP contribution in [0, 0.1) is 0 Å². The quantitative estimate of drug-likeness (QED) is 0.796. The zero-order valence-electron chi connectivity index (χ0n) is 8.92. The molecule has 0 aromatic heterocycles. The lowest BCUT2D eigenvalue weighted by Crippen LogP contribution is -2.16. The monoisotopic (exact) mass is 225 g/mol. The van der Waals surface area contributed by atoms with Crippen LogP contribution in [0.5, 0.6) is 5.75 Å². The number of hydrogen-bond acceptors (Lipinski definition) is 2. The third kappa shape index (κ3) is 2.64. The topological polar surface area (TPSA) is 21.3 Å². The Hall–Kier alpha value is -0.730. The third-order valence-electron chi connectivity index (χ3n) is 2.72. The average molecular weight is 226 g/mol. The summed E-state index contributed by atoms with van der Waals surface area (Å²) in [6.07, 6.45) is 3.60. The molecule has 1 aliphatic heterocycles. The number of rotatable bonds is 4. The molecule has 0 aliphatic carbocycles. The normalized spacial score (nSPS) is 18.7. The molecule has 1 aromatic rings. The molecule has 0 fully saturated rings. The van der Waals surface area contributed by atoms with Crippen molar-refractivity contribution in [3.63, 3.8) is 0 Å². The van der Waals surface area contributed by atoms with Crippen molar-refractivity contribution in [2.24, 2.45) is 0 Å². The van der Waals surface area contributed by atoms with Gasteiger partial charge in [-0.3, -0.25) is 0 Å². The summed E-state index contributed by atoms with van der Waals surface area (Å²) < 4.78 is 5.82. The Morgan fingerprint density at radius 3 is 3.20 bits per heavy atom. The highest BCUT2D eigenvalue weighted by Gasteiger charge is 2.22. The van der Waals surface area contributed by atoms with E-state index in [1.54, 1.807) is 0 Å². The number of fused-ring (bicyclic) bond motifs is 1. The van der Waals surface area contributed by atoms with Crippen molar-refractivity contribution >= 4 is 11.6 Å². The maximum atomic E-state index is 5.93. The molecule has 1 heterocycles. The molecule has 1 N–H and O–H groups in total. The second-order valence-electron chi connectivity index (χ2n) is 3.94. The van der Waals surface area contributed by atoms with Crippen LogP contribution in [0.3, 0.4) is 0 Å². The first kappa shape index (κ1) is 10.8. The molecule has 0 amide bonds. The van der Waals surface area contributed by atoms with Crippen LogP contribution in [0.4, 0.5) is 0 Å². The van der Waals surface area contributed by atoms with E-state index in [0.717, 1.165) is 36.6 Å². The van der Waals surface area contributed by atoms with Gasteiger partial charge in [0.2, 0.25) is 0 Å². The maximum Gasteiger partial charge on any atom is 0.123 e. The third-order valence-corrected chi connectivity index (χ3v) is 2.95. The maximum absolute atomic E-state index is 5.93. The summed E-state index contributed by atoms with van der Waals surface area (Å²) in [5.74, 6) is 1.01. The molecule has 0 radical (unpaired) electrons. The van der Waals surface area contributed by atoms with Crippen LogP contribution >= 0.6 is 11.6 Å². The molecule has 2 nitrogen and oxygen atoms in total. The second-order valence-corrected chi connectivity index (χ2v) is 4.38. The summed E-state index contributed by atoms with van der Waals surface area (Å²) in [6.45, 7) is 1.05. The van der Waals surface area contributed by atoms with Crippen molar-refractivity contribution in [2.45, 2.75) is 25.4 Å². The van der Waals surface area contributed by atoms with Gasteiger partial charge in [0, 0.05) is 11.4 Å². The fraction of sp³-hybridized carbons (Fsp3) is 0.500. The first-order valence-corrected chi connectivity index (χ1v) is 5.77. The fourth-order valence-electron chi connectivity index (χ4n) is 1.96. The highest BCUT2D eigenvalue weighted by atomic mass is 35.5. The molecule has 0 saturated heterocycles. The Balaban J connectivity index is 1.91. The summed E-state index contributed by atoms with van der Waals surface area (Å²) in [5, 5.41) is 3.94. The molecule has 82 valence electrons. The first-order valence-electron chi connectivity index (χ1n) is 5.39. The van der Waals surface area contributed by atoms with E-state index in [4.69, 9.17) is 16.3 Å². The summed E-state index contributed by atoms with van der Waals surface area (Å²) >= 11 is 5.93. The van der Waals surface area contributed by atoms with Gasteiger partial charge in [0.05, 0.1) is 0 Å². The zero-order chi connectivity index (χ0) is 10.7. The largest absolute Gasteiger partial charge is 0.490 e. The van der Waals surface area contributed by atoms with E-state index >= 15 is 0 Å². The second kappa shape index (κ2) is 4.86. The zero-order valence-corrected chi connectivity index (χ0v) is 9.68. The van der Waals surface area contributed by atoms with Gasteiger partial charge in [-0.1, -0.05) is 11.6 Å². The van der Waals surface area contributed by atoms with Gasteiger partial charge in [0.1, 0.15) is 11.9 Å². The van der Waals surface area contributed by atoms with Crippen molar-refractivity contribution in [1.29, 1.82) is 0 Å². The number of ether oxygens (including phenoxy) is 1. The lowest BCUT2D eigenvalue weighted by molar-refractivity contribution is 0.218. The van der Waals surface area contributed by atoms with Gasteiger partial charge in [-0.2, -0.15) is 0 Å². The molecule has 1 aromatic carbocycles. The SMILES string of the molecule is CNCCCC1Cc2cc(Cl)ccc2O1. The Kier molecular flexibility index (Phi) is 3.49. The molecular formula is C12H16ClNO. The minimum atomic E-state index is 0.340. The highest BCUT2D eigenvalue weighted by Crippen LogP contribution is 2.32. The molecule has 3 heteroatoms. The van der Waals surface area contributed by atoms with Crippen molar-refractivity contribution < 1.29 is 4.74 Å². The van der Waals surface area contributed by atoms with Crippen molar-refractivity contribution in [1.82, 2.24) is 5.32 Å². The van der Waals surface area contributed by atoms with Crippen LogP contribution in [0.1, 0.15) is 18.4 Å². The van der Waals surface area contributed by atoms with Gasteiger partial charge in [-0.05, 0) is 50.2 Å². The van der Waals surface area contributed by atoms with Crippen molar-refractivity contribution in [3.8, 4) is 5.75 Å². The van der Waals surface area contributed by atoms with E-state index in [2.05, 4.69) is 5.32 Å². The average Bonchev–Trinajstić information content (AvgIpc) is 2.60. The number of hydrogen-bond donors (Lipinski definition) is 1. The van der Waals surface area contributed by atoms with Crippen LogP contribution in [0.2, 0.25) is 5.02 Å². The molecular weight excluding hydrogens is 210 g/mol. The molecule has 15 heavy (non-hydrogen) atoms. The fourth-order valence-corrected chi connectivity index (χ4v) is 2.15. The van der Waals surface area contributed by atoms with E-state index in [9.17, 15) is 0 Å². The summed E-state index contributed by atoms with van der Waals surface area (Å²) in [7, 11) is 1.98. The highest BCUT2D eigenvalue weighted by molar-refractivity contribution is 6.30.